The SMILES string of the molecule is CCNC(=O)Nc1cc(-c2nc(C(F)(F)F)cs2)c(-c2cncc(-c3nnc(C4CC4)o3)c2)cn1. The minimum absolute atomic E-state index is 0.118. The number of urea groups is 1. The number of nitrogens with one attached hydrogen (secondary N) is 2. The van der Waals surface area contributed by atoms with Crippen LogP contribution in [0.15, 0.2) is 40.5 Å². The topological polar surface area (TPSA) is 119 Å². The zero-order valence-corrected chi connectivity index (χ0v) is 19.1. The molecule has 4 heterocycles. The van der Waals surface area contributed by atoms with Crippen molar-refractivity contribution in [2.45, 2.75) is 31.9 Å². The standard InChI is InChI=1S/C22H18F3N7O2S/c1-2-27-21(33)30-17-6-14(20-29-16(10-35-20)22(23,24)25)15(9-28-17)12-5-13(8-26-7-12)19-32-31-18(34-19)11-3-4-11/h5-11H,2-4H2,1H3,(H2,27,28,30,33). The van der Waals surface area contributed by atoms with Gasteiger partial charge in [-0.25, -0.2) is 14.8 Å². The Kier molecular flexibility index (Phi) is 5.93. The number of alkyl halides is 3. The van der Waals surface area contributed by atoms with Gasteiger partial charge in [0, 0.05) is 53.1 Å². The predicted octanol–water partition coefficient (Wildman–Crippen LogP) is 5.35. The number of halogens is 3. The summed E-state index contributed by atoms with van der Waals surface area (Å²) in [6.07, 6.45) is 2.02. The number of nitrogens with zero attached hydrogens (tertiary/aromatic N) is 5. The van der Waals surface area contributed by atoms with Gasteiger partial charge in [-0.2, -0.15) is 13.2 Å². The molecule has 1 aliphatic carbocycles. The number of rotatable bonds is 6. The fourth-order valence-corrected chi connectivity index (χ4v) is 4.19. The molecule has 0 unspecified atom stereocenters. The maximum absolute atomic E-state index is 13.2. The molecule has 9 nitrogen and oxygen atoms in total. The lowest BCUT2D eigenvalue weighted by Crippen LogP contribution is -2.28. The first-order valence-corrected chi connectivity index (χ1v) is 11.6. The van der Waals surface area contributed by atoms with Gasteiger partial charge in [-0.3, -0.25) is 10.3 Å². The normalized spacial score (nSPS) is 13.6. The Labute approximate surface area is 200 Å². The number of carbonyl (C=O) groups excluding carboxylic acids is 1. The first-order valence-electron chi connectivity index (χ1n) is 10.7. The number of carbonyl (C=O) groups is 1. The maximum atomic E-state index is 13.2. The molecule has 0 bridgehead atoms. The lowest BCUT2D eigenvalue weighted by molar-refractivity contribution is -0.140. The van der Waals surface area contributed by atoms with Crippen molar-refractivity contribution in [2.24, 2.45) is 0 Å². The van der Waals surface area contributed by atoms with Crippen molar-refractivity contribution >= 4 is 23.2 Å². The Morgan fingerprint density at radius 1 is 1.14 bits per heavy atom. The van der Waals surface area contributed by atoms with E-state index in [2.05, 4.69) is 35.8 Å². The van der Waals surface area contributed by atoms with Gasteiger partial charge in [0.05, 0.1) is 5.56 Å². The van der Waals surface area contributed by atoms with Gasteiger partial charge >= 0.3 is 12.2 Å². The third-order valence-electron chi connectivity index (χ3n) is 5.17. The molecular formula is C22H18F3N7O2S. The number of anilines is 1. The van der Waals surface area contributed by atoms with Crippen molar-refractivity contribution in [3.63, 3.8) is 0 Å². The molecule has 35 heavy (non-hydrogen) atoms. The van der Waals surface area contributed by atoms with Gasteiger partial charge in [-0.1, -0.05) is 0 Å². The number of hydrogen-bond acceptors (Lipinski definition) is 8. The Bertz CT molecular complexity index is 1380. The van der Waals surface area contributed by atoms with Crippen molar-refractivity contribution in [1.82, 2.24) is 30.5 Å². The second-order valence-electron chi connectivity index (χ2n) is 7.82. The van der Waals surface area contributed by atoms with E-state index in [4.69, 9.17) is 4.42 Å². The Morgan fingerprint density at radius 3 is 2.66 bits per heavy atom. The molecule has 0 atom stereocenters. The van der Waals surface area contributed by atoms with Crippen LogP contribution in [0.5, 0.6) is 0 Å². The highest BCUT2D eigenvalue weighted by atomic mass is 32.1. The largest absolute Gasteiger partial charge is 0.434 e. The molecule has 0 spiro atoms. The van der Waals surface area contributed by atoms with Gasteiger partial charge in [0.15, 0.2) is 5.69 Å². The molecule has 4 aromatic heterocycles. The minimum Gasteiger partial charge on any atom is -0.420 e. The molecular weight excluding hydrogens is 483 g/mol. The second-order valence-corrected chi connectivity index (χ2v) is 8.68. The summed E-state index contributed by atoms with van der Waals surface area (Å²) >= 11 is 0.842. The molecule has 180 valence electrons. The van der Waals surface area contributed by atoms with E-state index in [1.54, 1.807) is 25.4 Å². The first-order chi connectivity index (χ1) is 16.8. The summed E-state index contributed by atoms with van der Waals surface area (Å²) in [5, 5.41) is 14.4. The van der Waals surface area contributed by atoms with E-state index in [-0.39, 0.29) is 10.8 Å². The molecule has 5 rings (SSSR count). The van der Waals surface area contributed by atoms with Gasteiger partial charge in [0.25, 0.3) is 0 Å². The van der Waals surface area contributed by atoms with E-state index in [1.807, 2.05) is 0 Å². The number of pyridine rings is 2. The molecule has 0 aromatic carbocycles. The Balaban J connectivity index is 1.55. The van der Waals surface area contributed by atoms with Gasteiger partial charge in [-0.15, -0.1) is 21.5 Å². The third-order valence-corrected chi connectivity index (χ3v) is 6.05. The summed E-state index contributed by atoms with van der Waals surface area (Å²) in [5.74, 6) is 1.34. The summed E-state index contributed by atoms with van der Waals surface area (Å²) in [6.45, 7) is 2.15. The van der Waals surface area contributed by atoms with Crippen LogP contribution in [-0.2, 0) is 6.18 Å². The number of hydrogen-bond donors (Lipinski definition) is 2. The molecule has 0 aliphatic heterocycles. The fourth-order valence-electron chi connectivity index (χ4n) is 3.33. The molecule has 2 amide bonds. The van der Waals surface area contributed by atoms with Crippen LogP contribution in [0.4, 0.5) is 23.8 Å². The number of amides is 2. The summed E-state index contributed by atoms with van der Waals surface area (Å²) in [6, 6.07) is 2.74. The highest BCUT2D eigenvalue weighted by molar-refractivity contribution is 7.13. The average Bonchev–Trinajstić information content (AvgIpc) is 3.33. The number of aromatic nitrogens is 5. The lowest BCUT2D eigenvalue weighted by Gasteiger charge is -2.11. The number of thiazole rings is 1. The van der Waals surface area contributed by atoms with E-state index in [0.29, 0.717) is 46.5 Å². The van der Waals surface area contributed by atoms with Gasteiger partial charge in [0.1, 0.15) is 10.8 Å². The van der Waals surface area contributed by atoms with Crippen LogP contribution < -0.4 is 10.6 Å². The van der Waals surface area contributed by atoms with Crippen molar-refractivity contribution in [2.75, 3.05) is 11.9 Å². The Hall–Kier alpha value is -3.87. The fraction of sp³-hybridized carbons (Fsp3) is 0.273. The maximum Gasteiger partial charge on any atom is 0.434 e. The van der Waals surface area contributed by atoms with Gasteiger partial charge in [-0.05, 0) is 31.9 Å². The van der Waals surface area contributed by atoms with Crippen LogP contribution in [0.1, 0.15) is 37.3 Å². The molecule has 13 heteroatoms. The molecule has 1 aliphatic rings. The quantitative estimate of drug-likeness (QED) is 0.365. The van der Waals surface area contributed by atoms with Crippen LogP contribution in [-0.4, -0.2) is 37.7 Å². The van der Waals surface area contributed by atoms with Crippen LogP contribution in [0.2, 0.25) is 0 Å². The van der Waals surface area contributed by atoms with Crippen molar-refractivity contribution < 1.29 is 22.4 Å². The zero-order chi connectivity index (χ0) is 24.6. The van der Waals surface area contributed by atoms with Crippen molar-refractivity contribution in [3.05, 3.63) is 47.7 Å². The molecule has 2 N–H and O–H groups in total. The highest BCUT2D eigenvalue weighted by Gasteiger charge is 2.34. The Morgan fingerprint density at radius 2 is 1.94 bits per heavy atom. The van der Waals surface area contributed by atoms with E-state index < -0.39 is 17.9 Å². The molecule has 4 aromatic rings. The highest BCUT2D eigenvalue weighted by Crippen LogP contribution is 2.41. The van der Waals surface area contributed by atoms with Crippen molar-refractivity contribution in [3.8, 4) is 33.2 Å². The van der Waals surface area contributed by atoms with E-state index >= 15 is 0 Å². The van der Waals surface area contributed by atoms with E-state index in [9.17, 15) is 18.0 Å². The predicted molar refractivity (Wildman–Crippen MR) is 122 cm³/mol. The third kappa shape index (κ3) is 4.99. The summed E-state index contributed by atoms with van der Waals surface area (Å²) < 4.78 is 45.4. The second kappa shape index (κ2) is 9.06. The molecule has 1 saturated carbocycles. The zero-order valence-electron chi connectivity index (χ0n) is 18.3. The minimum atomic E-state index is -4.58. The first kappa shape index (κ1) is 22.9. The molecule has 1 fully saturated rings. The van der Waals surface area contributed by atoms with Gasteiger partial charge < -0.3 is 9.73 Å². The monoisotopic (exact) mass is 501 g/mol. The van der Waals surface area contributed by atoms with E-state index in [1.165, 1.54) is 12.3 Å². The smallest absolute Gasteiger partial charge is 0.420 e. The molecule has 0 saturated heterocycles. The van der Waals surface area contributed by atoms with Gasteiger partial charge in [0.2, 0.25) is 11.8 Å². The average molecular weight is 501 g/mol. The summed E-state index contributed by atoms with van der Waals surface area (Å²) in [4.78, 5) is 24.2. The summed E-state index contributed by atoms with van der Waals surface area (Å²) in [5.41, 5.74) is 0.960. The van der Waals surface area contributed by atoms with Crippen LogP contribution in [0, 0.1) is 0 Å². The summed E-state index contributed by atoms with van der Waals surface area (Å²) in [7, 11) is 0. The molecule has 0 radical (unpaired) electrons. The van der Waals surface area contributed by atoms with Crippen LogP contribution in [0.25, 0.3) is 33.2 Å². The van der Waals surface area contributed by atoms with Crippen LogP contribution >= 0.6 is 11.3 Å². The lowest BCUT2D eigenvalue weighted by atomic mass is 10.0. The van der Waals surface area contributed by atoms with Crippen molar-refractivity contribution in [1.29, 1.82) is 0 Å². The van der Waals surface area contributed by atoms with Crippen LogP contribution in [0.3, 0.4) is 0 Å². The van der Waals surface area contributed by atoms with E-state index in [0.717, 1.165) is 29.6 Å².